The summed E-state index contributed by atoms with van der Waals surface area (Å²) in [7, 11) is 0. The Labute approximate surface area is 173 Å². The first-order chi connectivity index (χ1) is 14.8. The molecule has 1 fully saturated rings. The lowest BCUT2D eigenvalue weighted by atomic mass is 9.97. The van der Waals surface area contributed by atoms with Crippen LogP contribution in [-0.4, -0.2) is 34.2 Å². The molecule has 0 aliphatic carbocycles. The lowest BCUT2D eigenvalue weighted by Crippen LogP contribution is -2.41. The van der Waals surface area contributed by atoms with E-state index in [0.29, 0.717) is 18.0 Å². The monoisotopic (exact) mass is 399 g/mol. The van der Waals surface area contributed by atoms with Gasteiger partial charge in [0, 0.05) is 18.5 Å². The van der Waals surface area contributed by atoms with E-state index in [1.807, 2.05) is 54.6 Å². The smallest absolute Gasteiger partial charge is 0.229 e. The number of nitrogens with one attached hydrogen (secondary N) is 1. The number of para-hydroxylation sites is 1. The van der Waals surface area contributed by atoms with Crippen LogP contribution in [0.1, 0.15) is 12.8 Å². The zero-order valence-corrected chi connectivity index (χ0v) is 16.4. The topological polar surface area (TPSA) is 84.2 Å². The molecule has 7 nitrogen and oxygen atoms in total. The summed E-state index contributed by atoms with van der Waals surface area (Å²) in [5.41, 5.74) is 2.33. The third-order valence-electron chi connectivity index (χ3n) is 5.40. The van der Waals surface area contributed by atoms with E-state index in [4.69, 9.17) is 4.42 Å². The van der Waals surface area contributed by atoms with Gasteiger partial charge in [-0.15, -0.1) is 10.2 Å². The van der Waals surface area contributed by atoms with E-state index in [9.17, 15) is 4.79 Å². The molecular formula is C23H21N5O2. The second-order valence-corrected chi connectivity index (χ2v) is 7.45. The standard InChI is InChI=1S/C23H21N5O2/c29-23(25-18-13-16-5-1-2-7-19(16)24-14-18)17-6-3-11-28(15-17)22-10-9-20(26-27-22)21-8-4-12-30-21/h1-2,4-5,7-10,12-14,17H,3,6,11,15H2,(H,25,29). The van der Waals surface area contributed by atoms with Gasteiger partial charge in [0.05, 0.1) is 29.6 Å². The van der Waals surface area contributed by atoms with Gasteiger partial charge in [0.25, 0.3) is 0 Å². The van der Waals surface area contributed by atoms with Crippen LogP contribution in [0, 0.1) is 5.92 Å². The largest absolute Gasteiger partial charge is 0.463 e. The Morgan fingerprint density at radius 2 is 2.03 bits per heavy atom. The summed E-state index contributed by atoms with van der Waals surface area (Å²) < 4.78 is 5.36. The average Bonchev–Trinajstić information content (AvgIpc) is 3.34. The van der Waals surface area contributed by atoms with E-state index >= 15 is 0 Å². The zero-order chi connectivity index (χ0) is 20.3. The molecule has 4 heterocycles. The fourth-order valence-electron chi connectivity index (χ4n) is 3.83. The maximum Gasteiger partial charge on any atom is 0.229 e. The van der Waals surface area contributed by atoms with Gasteiger partial charge in [-0.2, -0.15) is 0 Å². The number of pyridine rings is 1. The molecule has 1 saturated heterocycles. The van der Waals surface area contributed by atoms with Gasteiger partial charge in [0.1, 0.15) is 5.69 Å². The minimum absolute atomic E-state index is 0.0111. The van der Waals surface area contributed by atoms with E-state index in [1.165, 1.54) is 0 Å². The maximum atomic E-state index is 12.9. The molecule has 7 heteroatoms. The molecule has 1 aliphatic rings. The van der Waals surface area contributed by atoms with Gasteiger partial charge in [0.15, 0.2) is 11.6 Å². The summed E-state index contributed by atoms with van der Waals surface area (Å²) in [4.78, 5) is 19.4. The van der Waals surface area contributed by atoms with Gasteiger partial charge >= 0.3 is 0 Å². The molecule has 3 aromatic heterocycles. The summed E-state index contributed by atoms with van der Waals surface area (Å²) >= 11 is 0. The zero-order valence-electron chi connectivity index (χ0n) is 16.4. The Hall–Kier alpha value is -3.74. The lowest BCUT2D eigenvalue weighted by Gasteiger charge is -2.32. The number of anilines is 2. The molecule has 1 aliphatic heterocycles. The number of rotatable bonds is 4. The number of benzene rings is 1. The Bertz CT molecular complexity index is 1160. The summed E-state index contributed by atoms with van der Waals surface area (Å²) in [5.74, 6) is 1.36. The van der Waals surface area contributed by atoms with Gasteiger partial charge in [0.2, 0.25) is 5.91 Å². The van der Waals surface area contributed by atoms with E-state index in [0.717, 1.165) is 41.8 Å². The first-order valence-electron chi connectivity index (χ1n) is 10.0. The highest BCUT2D eigenvalue weighted by atomic mass is 16.3. The maximum absolute atomic E-state index is 12.9. The average molecular weight is 399 g/mol. The molecule has 1 aromatic carbocycles. The predicted molar refractivity (Wildman–Crippen MR) is 115 cm³/mol. The quantitative estimate of drug-likeness (QED) is 0.555. The van der Waals surface area contributed by atoms with Crippen LogP contribution < -0.4 is 10.2 Å². The molecule has 150 valence electrons. The second-order valence-electron chi connectivity index (χ2n) is 7.45. The number of nitrogens with zero attached hydrogens (tertiary/aromatic N) is 4. The molecule has 0 bridgehead atoms. The summed E-state index contributed by atoms with van der Waals surface area (Å²) in [6.45, 7) is 1.47. The van der Waals surface area contributed by atoms with E-state index in [2.05, 4.69) is 25.4 Å². The number of hydrogen-bond acceptors (Lipinski definition) is 6. The Kier molecular flexibility index (Phi) is 4.85. The van der Waals surface area contributed by atoms with Gasteiger partial charge < -0.3 is 14.6 Å². The minimum atomic E-state index is -0.114. The number of piperidine rings is 1. The normalized spacial score (nSPS) is 16.5. The van der Waals surface area contributed by atoms with Crippen LogP contribution in [0.3, 0.4) is 0 Å². The molecule has 0 radical (unpaired) electrons. The molecule has 1 atom stereocenters. The lowest BCUT2D eigenvalue weighted by molar-refractivity contribution is -0.120. The Morgan fingerprint density at radius 1 is 1.10 bits per heavy atom. The molecule has 0 spiro atoms. The van der Waals surface area contributed by atoms with Gasteiger partial charge in [-0.05, 0) is 49.2 Å². The second kappa shape index (κ2) is 7.94. The van der Waals surface area contributed by atoms with Crippen molar-refractivity contribution in [3.63, 3.8) is 0 Å². The number of carbonyl (C=O) groups excluding carboxylic acids is 1. The van der Waals surface area contributed by atoms with E-state index in [-0.39, 0.29) is 11.8 Å². The number of aromatic nitrogens is 3. The Morgan fingerprint density at radius 3 is 2.87 bits per heavy atom. The van der Waals surface area contributed by atoms with Gasteiger partial charge in [-0.3, -0.25) is 9.78 Å². The number of carbonyl (C=O) groups is 1. The molecule has 0 saturated carbocycles. The predicted octanol–water partition coefficient (Wildman–Crippen LogP) is 4.14. The number of furan rings is 1. The van der Waals surface area contributed by atoms with Crippen molar-refractivity contribution in [2.75, 3.05) is 23.3 Å². The molecular weight excluding hydrogens is 378 g/mol. The van der Waals surface area contributed by atoms with Crippen LogP contribution >= 0.6 is 0 Å². The molecule has 5 rings (SSSR count). The van der Waals surface area contributed by atoms with Crippen molar-refractivity contribution >= 4 is 28.3 Å². The van der Waals surface area contributed by atoms with Gasteiger partial charge in [-0.1, -0.05) is 18.2 Å². The van der Waals surface area contributed by atoms with Crippen molar-refractivity contribution in [1.29, 1.82) is 0 Å². The van der Waals surface area contributed by atoms with Crippen LogP contribution in [-0.2, 0) is 4.79 Å². The SMILES string of the molecule is O=C(Nc1cnc2ccccc2c1)C1CCCN(c2ccc(-c3ccco3)nn2)C1. The van der Waals surface area contributed by atoms with Crippen LogP contribution in [0.4, 0.5) is 11.5 Å². The first-order valence-corrected chi connectivity index (χ1v) is 10.0. The number of fused-ring (bicyclic) bond motifs is 1. The molecule has 30 heavy (non-hydrogen) atoms. The first kappa shape index (κ1) is 18.3. The third-order valence-corrected chi connectivity index (χ3v) is 5.40. The number of hydrogen-bond donors (Lipinski definition) is 1. The molecule has 1 N–H and O–H groups in total. The van der Waals surface area contributed by atoms with Gasteiger partial charge in [-0.25, -0.2) is 0 Å². The van der Waals surface area contributed by atoms with Crippen molar-refractivity contribution < 1.29 is 9.21 Å². The fraction of sp³-hybridized carbons (Fsp3) is 0.217. The van der Waals surface area contributed by atoms with E-state index in [1.54, 1.807) is 12.5 Å². The third kappa shape index (κ3) is 3.74. The van der Waals surface area contributed by atoms with Crippen molar-refractivity contribution in [3.8, 4) is 11.5 Å². The van der Waals surface area contributed by atoms with Crippen molar-refractivity contribution in [3.05, 3.63) is 67.1 Å². The summed E-state index contributed by atoms with van der Waals surface area (Å²) in [6.07, 6.45) is 5.10. The minimum Gasteiger partial charge on any atom is -0.463 e. The molecule has 1 unspecified atom stereocenters. The summed E-state index contributed by atoms with van der Waals surface area (Å²) in [6, 6.07) is 17.3. The molecule has 4 aromatic rings. The Balaban J connectivity index is 1.26. The van der Waals surface area contributed by atoms with Crippen molar-refractivity contribution in [1.82, 2.24) is 15.2 Å². The highest BCUT2D eigenvalue weighted by Gasteiger charge is 2.27. The van der Waals surface area contributed by atoms with E-state index < -0.39 is 0 Å². The number of amides is 1. The van der Waals surface area contributed by atoms with Crippen LogP contribution in [0.2, 0.25) is 0 Å². The van der Waals surface area contributed by atoms with Crippen molar-refractivity contribution in [2.24, 2.45) is 5.92 Å². The fourth-order valence-corrected chi connectivity index (χ4v) is 3.83. The van der Waals surface area contributed by atoms with Crippen LogP contribution in [0.25, 0.3) is 22.4 Å². The van der Waals surface area contributed by atoms with Crippen LogP contribution in [0.5, 0.6) is 0 Å². The van der Waals surface area contributed by atoms with Crippen molar-refractivity contribution in [2.45, 2.75) is 12.8 Å². The highest BCUT2D eigenvalue weighted by molar-refractivity contribution is 5.94. The summed E-state index contributed by atoms with van der Waals surface area (Å²) in [5, 5.41) is 12.6. The highest BCUT2D eigenvalue weighted by Crippen LogP contribution is 2.25. The molecule has 1 amide bonds. The van der Waals surface area contributed by atoms with Crippen LogP contribution in [0.15, 0.2) is 71.5 Å².